The van der Waals surface area contributed by atoms with Crippen LogP contribution in [-0.2, 0) is 6.54 Å². The lowest BCUT2D eigenvalue weighted by Gasteiger charge is -2.27. The van der Waals surface area contributed by atoms with Crippen LogP contribution >= 0.6 is 0 Å². The van der Waals surface area contributed by atoms with Gasteiger partial charge in [0, 0.05) is 51.5 Å². The zero-order valence-electron chi connectivity index (χ0n) is 16.5. The van der Waals surface area contributed by atoms with Crippen molar-refractivity contribution in [3.8, 4) is 0 Å². The number of hydrogen-bond acceptors (Lipinski definition) is 3. The van der Waals surface area contributed by atoms with E-state index < -0.39 is 0 Å². The van der Waals surface area contributed by atoms with Crippen molar-refractivity contribution in [2.45, 2.75) is 32.9 Å². The highest BCUT2D eigenvalue weighted by Gasteiger charge is 2.27. The molecule has 1 N–H and O–H groups in total. The summed E-state index contributed by atoms with van der Waals surface area (Å²) in [6, 6.07) is 9.47. The molecule has 0 saturated carbocycles. The highest BCUT2D eigenvalue weighted by molar-refractivity contribution is 5.80. The molecule has 1 saturated heterocycles. The molecule has 1 atom stereocenters. The van der Waals surface area contributed by atoms with E-state index in [1.54, 1.807) is 0 Å². The Labute approximate surface area is 158 Å². The number of nitrogens with one attached hydrogen (secondary N) is 1. The van der Waals surface area contributed by atoms with Gasteiger partial charge in [0.15, 0.2) is 5.96 Å². The van der Waals surface area contributed by atoms with E-state index in [-0.39, 0.29) is 0 Å². The van der Waals surface area contributed by atoms with E-state index in [1.807, 2.05) is 7.05 Å². The lowest BCUT2D eigenvalue weighted by Crippen LogP contribution is -2.43. The first-order chi connectivity index (χ1) is 12.7. The lowest BCUT2D eigenvalue weighted by atomic mass is 10.2. The highest BCUT2D eigenvalue weighted by Crippen LogP contribution is 2.19. The van der Waals surface area contributed by atoms with Crippen LogP contribution in [-0.4, -0.2) is 68.1 Å². The minimum atomic E-state index is 0.648. The van der Waals surface area contributed by atoms with Crippen molar-refractivity contribution >= 4 is 11.6 Å². The Morgan fingerprint density at radius 2 is 2.00 bits per heavy atom. The first kappa shape index (κ1) is 18.8. The largest absolute Gasteiger partial charge is 0.364 e. The summed E-state index contributed by atoms with van der Waals surface area (Å²) in [5.41, 5.74) is 2.60. The van der Waals surface area contributed by atoms with E-state index in [4.69, 9.17) is 0 Å². The minimum absolute atomic E-state index is 0.648. The first-order valence-corrected chi connectivity index (χ1v) is 9.93. The summed E-state index contributed by atoms with van der Waals surface area (Å²) in [5, 5.41) is 3.56. The van der Waals surface area contributed by atoms with E-state index >= 15 is 0 Å². The van der Waals surface area contributed by atoms with E-state index in [0.717, 1.165) is 51.8 Å². The summed E-state index contributed by atoms with van der Waals surface area (Å²) in [6.07, 6.45) is 5.68. The third-order valence-corrected chi connectivity index (χ3v) is 5.55. The summed E-state index contributed by atoms with van der Waals surface area (Å²) in [7, 11) is 1.89. The molecule has 0 spiro atoms. The molecular weight excluding hydrogens is 322 g/mol. The number of likely N-dealkylation sites (tertiary alicyclic amines) is 1. The van der Waals surface area contributed by atoms with E-state index in [0.29, 0.717) is 6.04 Å². The molecule has 142 valence electrons. The van der Waals surface area contributed by atoms with Crippen molar-refractivity contribution in [2.24, 2.45) is 4.99 Å². The zero-order valence-corrected chi connectivity index (χ0v) is 16.5. The highest BCUT2D eigenvalue weighted by atomic mass is 15.3. The standard InChI is InChI=1S/C21H33N5/c1-4-24(5-2)20-11-14-26(17-20)21(22-3)23-16-18-9-8-10-19(15-18)25-12-6-7-13-25/h6-10,15,20H,4-5,11-14,16-17H2,1-3H3,(H,22,23). The summed E-state index contributed by atoms with van der Waals surface area (Å²) in [5.74, 6) is 1.02. The molecule has 0 aromatic heterocycles. The topological polar surface area (TPSA) is 34.1 Å². The molecule has 26 heavy (non-hydrogen) atoms. The van der Waals surface area contributed by atoms with Crippen molar-refractivity contribution in [1.82, 2.24) is 15.1 Å². The zero-order chi connectivity index (χ0) is 18.4. The molecule has 2 heterocycles. The SMILES string of the molecule is CCN(CC)C1CCN(C(=NC)NCc2cccc(N3CC=CC3)c2)C1. The molecule has 0 aliphatic carbocycles. The summed E-state index contributed by atoms with van der Waals surface area (Å²) in [6.45, 7) is 11.7. The van der Waals surface area contributed by atoms with Crippen LogP contribution in [0.3, 0.4) is 0 Å². The third kappa shape index (κ3) is 4.39. The number of rotatable bonds is 6. The molecule has 0 amide bonds. The maximum Gasteiger partial charge on any atom is 0.193 e. The van der Waals surface area contributed by atoms with E-state index in [2.05, 4.69) is 75.3 Å². The van der Waals surface area contributed by atoms with Gasteiger partial charge in [0.2, 0.25) is 0 Å². The van der Waals surface area contributed by atoms with Crippen molar-refractivity contribution < 1.29 is 0 Å². The molecule has 3 rings (SSSR count). The van der Waals surface area contributed by atoms with E-state index in [1.165, 1.54) is 17.7 Å². The number of likely N-dealkylation sites (N-methyl/N-ethyl adjacent to an activating group) is 1. The van der Waals surface area contributed by atoms with Gasteiger partial charge in [-0.3, -0.25) is 9.89 Å². The Balaban J connectivity index is 1.56. The second-order valence-corrected chi connectivity index (χ2v) is 7.06. The fraction of sp³-hybridized carbons (Fsp3) is 0.571. The predicted octanol–water partition coefficient (Wildman–Crippen LogP) is 2.55. The molecular formula is C21H33N5. The predicted molar refractivity (Wildman–Crippen MR) is 111 cm³/mol. The second kappa shape index (κ2) is 9.08. The van der Waals surface area contributed by atoms with Gasteiger partial charge in [-0.2, -0.15) is 0 Å². The van der Waals surface area contributed by atoms with Gasteiger partial charge in [0.05, 0.1) is 0 Å². The second-order valence-electron chi connectivity index (χ2n) is 7.06. The van der Waals surface area contributed by atoms with Gasteiger partial charge in [0.25, 0.3) is 0 Å². The van der Waals surface area contributed by atoms with Crippen molar-refractivity contribution in [3.05, 3.63) is 42.0 Å². The monoisotopic (exact) mass is 355 g/mol. The fourth-order valence-electron chi connectivity index (χ4n) is 4.04. The van der Waals surface area contributed by atoms with Crippen molar-refractivity contribution in [1.29, 1.82) is 0 Å². The quantitative estimate of drug-likeness (QED) is 0.483. The van der Waals surface area contributed by atoms with Gasteiger partial charge < -0.3 is 15.1 Å². The maximum atomic E-state index is 4.52. The van der Waals surface area contributed by atoms with Crippen LogP contribution in [0, 0.1) is 0 Å². The van der Waals surface area contributed by atoms with Gasteiger partial charge in [-0.05, 0) is 37.2 Å². The van der Waals surface area contributed by atoms with Gasteiger partial charge >= 0.3 is 0 Å². The fourth-order valence-corrected chi connectivity index (χ4v) is 4.04. The average molecular weight is 356 g/mol. The Morgan fingerprint density at radius 1 is 1.23 bits per heavy atom. The van der Waals surface area contributed by atoms with Crippen LogP contribution in [0.4, 0.5) is 5.69 Å². The lowest BCUT2D eigenvalue weighted by molar-refractivity contribution is 0.223. The van der Waals surface area contributed by atoms with Crippen LogP contribution in [0.1, 0.15) is 25.8 Å². The number of nitrogens with zero attached hydrogens (tertiary/aromatic N) is 4. The maximum absolute atomic E-state index is 4.52. The Hall–Kier alpha value is -2.01. The smallest absolute Gasteiger partial charge is 0.193 e. The van der Waals surface area contributed by atoms with Gasteiger partial charge in [-0.1, -0.05) is 38.1 Å². The number of hydrogen-bond donors (Lipinski definition) is 1. The summed E-state index contributed by atoms with van der Waals surface area (Å²) in [4.78, 5) is 11.9. The van der Waals surface area contributed by atoms with E-state index in [9.17, 15) is 0 Å². The Bertz CT molecular complexity index is 627. The number of benzene rings is 1. The first-order valence-electron chi connectivity index (χ1n) is 9.93. The van der Waals surface area contributed by atoms with Crippen molar-refractivity contribution in [3.63, 3.8) is 0 Å². The number of anilines is 1. The third-order valence-electron chi connectivity index (χ3n) is 5.55. The molecule has 1 aromatic carbocycles. The number of guanidine groups is 1. The normalized spacial score (nSPS) is 20.5. The molecule has 1 fully saturated rings. The van der Waals surface area contributed by atoms with Gasteiger partial charge in [0.1, 0.15) is 0 Å². The molecule has 1 aromatic rings. The Kier molecular flexibility index (Phi) is 6.56. The summed E-state index contributed by atoms with van der Waals surface area (Å²) < 4.78 is 0. The summed E-state index contributed by atoms with van der Waals surface area (Å²) >= 11 is 0. The van der Waals surface area contributed by atoms with Crippen molar-refractivity contribution in [2.75, 3.05) is 51.2 Å². The average Bonchev–Trinajstić information content (AvgIpc) is 3.36. The molecule has 5 nitrogen and oxygen atoms in total. The van der Waals surface area contributed by atoms with Gasteiger partial charge in [-0.15, -0.1) is 0 Å². The molecule has 2 aliphatic rings. The van der Waals surface area contributed by atoms with Crippen LogP contribution in [0.15, 0.2) is 41.4 Å². The molecule has 2 aliphatic heterocycles. The number of aliphatic imine (C=N–C) groups is 1. The Morgan fingerprint density at radius 3 is 2.69 bits per heavy atom. The minimum Gasteiger partial charge on any atom is -0.364 e. The van der Waals surface area contributed by atoms with Gasteiger partial charge in [-0.25, -0.2) is 0 Å². The molecule has 1 unspecified atom stereocenters. The van der Waals surface area contributed by atoms with Crippen LogP contribution in [0.2, 0.25) is 0 Å². The van der Waals surface area contributed by atoms with Crippen LogP contribution in [0.5, 0.6) is 0 Å². The molecule has 5 heteroatoms. The van der Waals surface area contributed by atoms with Crippen LogP contribution in [0.25, 0.3) is 0 Å². The molecule has 0 bridgehead atoms. The van der Waals surface area contributed by atoms with Crippen LogP contribution < -0.4 is 10.2 Å². The molecule has 0 radical (unpaired) electrons.